The summed E-state index contributed by atoms with van der Waals surface area (Å²) in [5, 5.41) is 3.73. The van der Waals surface area contributed by atoms with Crippen LogP contribution in [0.4, 0.5) is 5.69 Å². The maximum Gasteiger partial charge on any atom is 0.234 e. The average Bonchev–Trinajstić information content (AvgIpc) is 2.41. The van der Waals surface area contributed by atoms with Gasteiger partial charge in [-0.2, -0.15) is 0 Å². The molecule has 0 aromatic heterocycles. The monoisotopic (exact) mass is 389 g/mol. The summed E-state index contributed by atoms with van der Waals surface area (Å²) in [6, 6.07) is 12.8. The molecule has 0 aliphatic heterocycles. The minimum atomic E-state index is -0.109. The fourth-order valence-corrected chi connectivity index (χ4v) is 2.88. The number of amides is 1. The third-order valence-electron chi connectivity index (χ3n) is 2.39. The van der Waals surface area contributed by atoms with Crippen LogP contribution in [0.5, 0.6) is 0 Å². The predicted molar refractivity (Wildman–Crippen MR) is 90.0 cm³/mol. The van der Waals surface area contributed by atoms with Crippen molar-refractivity contribution in [3.8, 4) is 0 Å². The van der Waals surface area contributed by atoms with Gasteiger partial charge in [0.05, 0.1) is 16.5 Å². The van der Waals surface area contributed by atoms with Crippen molar-refractivity contribution in [3.63, 3.8) is 0 Å². The molecule has 0 saturated carbocycles. The molecule has 0 bridgehead atoms. The van der Waals surface area contributed by atoms with E-state index in [0.717, 1.165) is 9.37 Å². The Kier molecular flexibility index (Phi) is 5.78. The van der Waals surface area contributed by atoms with E-state index in [1.165, 1.54) is 11.8 Å². The van der Waals surface area contributed by atoms with E-state index >= 15 is 0 Å². The minimum absolute atomic E-state index is 0.109. The molecule has 0 heterocycles. The van der Waals surface area contributed by atoms with Crippen LogP contribution in [-0.4, -0.2) is 11.7 Å². The second-order valence-corrected chi connectivity index (χ2v) is 6.72. The van der Waals surface area contributed by atoms with Gasteiger partial charge in [0.15, 0.2) is 0 Å². The number of hydrogen-bond acceptors (Lipinski definition) is 2. The van der Waals surface area contributed by atoms with Crippen LogP contribution < -0.4 is 5.32 Å². The maximum absolute atomic E-state index is 11.9. The van der Waals surface area contributed by atoms with Gasteiger partial charge in [0.1, 0.15) is 0 Å². The van der Waals surface area contributed by atoms with E-state index in [1.807, 2.05) is 24.3 Å². The summed E-state index contributed by atoms with van der Waals surface area (Å²) in [6.45, 7) is 0. The maximum atomic E-state index is 11.9. The number of rotatable bonds is 4. The molecule has 1 N–H and O–H groups in total. The molecule has 0 radical (unpaired) electrons. The molecule has 0 fully saturated rings. The predicted octanol–water partition coefficient (Wildman–Crippen LogP) is 5.49. The molecule has 0 aliphatic carbocycles. The van der Waals surface area contributed by atoms with Gasteiger partial charge in [-0.25, -0.2) is 0 Å². The van der Waals surface area contributed by atoms with Crippen molar-refractivity contribution in [1.82, 2.24) is 0 Å². The molecular formula is C14H10BrCl2NOS. The van der Waals surface area contributed by atoms with Crippen LogP contribution in [0.1, 0.15) is 0 Å². The van der Waals surface area contributed by atoms with Crippen molar-refractivity contribution in [2.75, 3.05) is 11.1 Å². The lowest BCUT2D eigenvalue weighted by Gasteiger charge is -2.07. The first kappa shape index (κ1) is 15.7. The molecule has 0 atom stereocenters. The molecule has 2 nitrogen and oxygen atoms in total. The molecule has 6 heteroatoms. The van der Waals surface area contributed by atoms with Crippen LogP contribution in [0.3, 0.4) is 0 Å². The lowest BCUT2D eigenvalue weighted by atomic mass is 10.3. The highest BCUT2D eigenvalue weighted by molar-refractivity contribution is 9.10. The summed E-state index contributed by atoms with van der Waals surface area (Å²) in [5.74, 6) is 0.211. The van der Waals surface area contributed by atoms with Crippen LogP contribution >= 0.6 is 50.9 Å². The second kappa shape index (κ2) is 7.36. The molecule has 104 valence electrons. The van der Waals surface area contributed by atoms with Crippen molar-refractivity contribution in [3.05, 3.63) is 57.0 Å². The Labute approximate surface area is 140 Å². The summed E-state index contributed by atoms with van der Waals surface area (Å²) in [5.41, 5.74) is 0.567. The zero-order chi connectivity index (χ0) is 14.5. The van der Waals surface area contributed by atoms with Crippen LogP contribution in [0.15, 0.2) is 51.8 Å². The van der Waals surface area contributed by atoms with Gasteiger partial charge in [-0.3, -0.25) is 4.79 Å². The number of benzene rings is 2. The van der Waals surface area contributed by atoms with Gasteiger partial charge < -0.3 is 5.32 Å². The molecule has 1 amide bonds. The number of anilines is 1. The first-order valence-electron chi connectivity index (χ1n) is 5.68. The van der Waals surface area contributed by atoms with Crippen molar-refractivity contribution < 1.29 is 4.79 Å². The zero-order valence-electron chi connectivity index (χ0n) is 10.2. The Morgan fingerprint density at radius 2 is 1.85 bits per heavy atom. The summed E-state index contributed by atoms with van der Waals surface area (Å²) < 4.78 is 1.01. The molecule has 0 spiro atoms. The van der Waals surface area contributed by atoms with Crippen molar-refractivity contribution >= 4 is 62.5 Å². The molecule has 0 saturated heterocycles. The van der Waals surface area contributed by atoms with Crippen LogP contribution in [0.25, 0.3) is 0 Å². The first-order valence-corrected chi connectivity index (χ1v) is 8.21. The van der Waals surface area contributed by atoms with Crippen LogP contribution in [0, 0.1) is 0 Å². The van der Waals surface area contributed by atoms with Gasteiger partial charge in [-0.05, 0) is 42.5 Å². The van der Waals surface area contributed by atoms with E-state index in [2.05, 4.69) is 21.2 Å². The van der Waals surface area contributed by atoms with E-state index in [4.69, 9.17) is 23.2 Å². The van der Waals surface area contributed by atoms with E-state index in [9.17, 15) is 4.79 Å². The molecule has 0 unspecified atom stereocenters. The Hall–Kier alpha value is -0.680. The summed E-state index contributed by atoms with van der Waals surface area (Å²) >= 11 is 16.6. The Balaban J connectivity index is 1.90. The van der Waals surface area contributed by atoms with Crippen LogP contribution in [-0.2, 0) is 4.79 Å². The largest absolute Gasteiger partial charge is 0.324 e. The fourth-order valence-electron chi connectivity index (χ4n) is 1.46. The van der Waals surface area contributed by atoms with E-state index in [-0.39, 0.29) is 5.91 Å². The highest BCUT2D eigenvalue weighted by Crippen LogP contribution is 2.26. The van der Waals surface area contributed by atoms with Crippen LogP contribution in [0.2, 0.25) is 10.0 Å². The number of halogens is 3. The van der Waals surface area contributed by atoms with Crippen molar-refractivity contribution in [1.29, 1.82) is 0 Å². The van der Waals surface area contributed by atoms with E-state index in [1.54, 1.807) is 18.2 Å². The Morgan fingerprint density at radius 1 is 1.15 bits per heavy atom. The molecule has 20 heavy (non-hydrogen) atoms. The number of nitrogens with one attached hydrogen (secondary N) is 1. The molecule has 2 aromatic rings. The lowest BCUT2D eigenvalue weighted by molar-refractivity contribution is -0.113. The number of carbonyl (C=O) groups excluding carboxylic acids is 1. The Morgan fingerprint density at radius 3 is 2.50 bits per heavy atom. The van der Waals surface area contributed by atoms with Gasteiger partial charge >= 0.3 is 0 Å². The van der Waals surface area contributed by atoms with Gasteiger partial charge in [-0.1, -0.05) is 39.1 Å². The zero-order valence-corrected chi connectivity index (χ0v) is 14.1. The molecular weight excluding hydrogens is 381 g/mol. The second-order valence-electron chi connectivity index (χ2n) is 3.91. The normalized spacial score (nSPS) is 10.3. The molecule has 0 aliphatic rings. The highest BCUT2D eigenvalue weighted by Gasteiger charge is 2.07. The third kappa shape index (κ3) is 4.70. The number of thioether (sulfide) groups is 1. The van der Waals surface area contributed by atoms with Gasteiger partial charge in [0, 0.05) is 14.4 Å². The summed E-state index contributed by atoms with van der Waals surface area (Å²) in [4.78, 5) is 12.9. The van der Waals surface area contributed by atoms with E-state index in [0.29, 0.717) is 21.5 Å². The average molecular weight is 391 g/mol. The van der Waals surface area contributed by atoms with Gasteiger partial charge in [-0.15, -0.1) is 11.8 Å². The summed E-state index contributed by atoms with van der Waals surface area (Å²) in [7, 11) is 0. The molecule has 2 rings (SSSR count). The van der Waals surface area contributed by atoms with Crippen molar-refractivity contribution in [2.24, 2.45) is 0 Å². The topological polar surface area (TPSA) is 29.1 Å². The van der Waals surface area contributed by atoms with Gasteiger partial charge in [0.2, 0.25) is 5.91 Å². The first-order chi connectivity index (χ1) is 9.54. The lowest BCUT2D eigenvalue weighted by Crippen LogP contribution is -2.14. The number of carbonyl (C=O) groups is 1. The summed E-state index contributed by atoms with van der Waals surface area (Å²) in [6.07, 6.45) is 0. The molecule has 2 aromatic carbocycles. The fraction of sp³-hybridized carbons (Fsp3) is 0.0714. The van der Waals surface area contributed by atoms with Gasteiger partial charge in [0.25, 0.3) is 0 Å². The minimum Gasteiger partial charge on any atom is -0.324 e. The van der Waals surface area contributed by atoms with Crippen molar-refractivity contribution in [2.45, 2.75) is 4.90 Å². The Bertz CT molecular complexity index is 619. The third-order valence-corrected chi connectivity index (χ3v) is 4.48. The highest BCUT2D eigenvalue weighted by atomic mass is 79.9. The standard InChI is InChI=1S/C14H10BrCl2NOS/c15-9-1-4-11(5-2-9)20-8-14(19)18-13-6-3-10(16)7-12(13)17/h1-7H,8H2,(H,18,19). The SMILES string of the molecule is O=C(CSc1ccc(Br)cc1)Nc1ccc(Cl)cc1Cl. The van der Waals surface area contributed by atoms with E-state index < -0.39 is 0 Å². The number of hydrogen-bond donors (Lipinski definition) is 1. The quantitative estimate of drug-likeness (QED) is 0.699. The smallest absolute Gasteiger partial charge is 0.234 e.